The van der Waals surface area contributed by atoms with E-state index in [1.54, 1.807) is 24.3 Å². The van der Waals surface area contributed by atoms with Gasteiger partial charge in [0.1, 0.15) is 11.6 Å². The molecule has 0 fully saturated rings. The van der Waals surface area contributed by atoms with Crippen LogP contribution >= 0.6 is 0 Å². The normalized spacial score (nSPS) is 11.3. The number of para-hydroxylation sites is 2. The lowest BCUT2D eigenvalue weighted by molar-refractivity contribution is 0.626. The molecule has 5 rings (SSSR count). The van der Waals surface area contributed by atoms with Gasteiger partial charge in [-0.15, -0.1) is 0 Å². The topological polar surface area (TPSA) is 66.5 Å². The summed E-state index contributed by atoms with van der Waals surface area (Å²) in [6.45, 7) is 0. The van der Waals surface area contributed by atoms with Crippen LogP contribution in [0.25, 0.3) is 28.2 Å². The first-order valence-corrected chi connectivity index (χ1v) is 9.88. The summed E-state index contributed by atoms with van der Waals surface area (Å²) in [5.74, 6) is -0.275. The molecular weight excluding hydrogens is 398 g/mol. The van der Waals surface area contributed by atoms with Crippen molar-refractivity contribution < 1.29 is 8.78 Å². The summed E-state index contributed by atoms with van der Waals surface area (Å²) in [6, 6.07) is 19.7. The third kappa shape index (κ3) is 3.66. The first kappa shape index (κ1) is 19.0. The summed E-state index contributed by atoms with van der Waals surface area (Å²) in [5.41, 5.74) is 4.10. The van der Waals surface area contributed by atoms with Gasteiger partial charge in [-0.25, -0.2) is 13.8 Å². The molecule has 0 atom stereocenters. The highest BCUT2D eigenvalue weighted by molar-refractivity contribution is 5.76. The smallest absolute Gasteiger partial charge is 0.277 e. The Bertz CT molecular complexity index is 1380. The zero-order chi connectivity index (χ0) is 21.4. The summed E-state index contributed by atoms with van der Waals surface area (Å²) < 4.78 is 28.0. The minimum absolute atomic E-state index is 0.236. The molecule has 0 saturated heterocycles. The van der Waals surface area contributed by atoms with E-state index in [0.29, 0.717) is 35.6 Å². The third-order valence-electron chi connectivity index (χ3n) is 5.29. The molecule has 2 N–H and O–H groups in total. The highest BCUT2D eigenvalue weighted by Gasteiger charge is 2.18. The van der Waals surface area contributed by atoms with Gasteiger partial charge < -0.3 is 4.98 Å². The van der Waals surface area contributed by atoms with E-state index in [4.69, 9.17) is 0 Å². The number of fused-ring (bicyclic) bond motifs is 1. The Balaban J connectivity index is 1.59. The molecule has 2 heterocycles. The number of rotatable bonds is 5. The second-order valence-corrected chi connectivity index (χ2v) is 7.32. The SMILES string of the molecule is O=c1c(CCc2ccc(F)cc2)c(-c2ccc(F)cc2)[nH]n1-c1nc2ccccc2[nH]1. The van der Waals surface area contributed by atoms with Crippen molar-refractivity contribution in [2.45, 2.75) is 12.8 Å². The van der Waals surface area contributed by atoms with E-state index in [1.165, 1.54) is 28.9 Å². The maximum atomic E-state index is 13.4. The Kier molecular flexibility index (Phi) is 4.71. The number of benzene rings is 3. The predicted molar refractivity (Wildman–Crippen MR) is 115 cm³/mol. The van der Waals surface area contributed by atoms with Gasteiger partial charge in [-0.1, -0.05) is 24.3 Å². The third-order valence-corrected chi connectivity index (χ3v) is 5.29. The van der Waals surface area contributed by atoms with E-state index in [2.05, 4.69) is 15.1 Å². The maximum Gasteiger partial charge on any atom is 0.277 e. The fourth-order valence-corrected chi connectivity index (χ4v) is 3.67. The fraction of sp³-hybridized carbons (Fsp3) is 0.0833. The largest absolute Gasteiger partial charge is 0.322 e. The van der Waals surface area contributed by atoms with E-state index in [9.17, 15) is 13.6 Å². The van der Waals surface area contributed by atoms with Crippen molar-refractivity contribution in [3.63, 3.8) is 0 Å². The molecule has 154 valence electrons. The summed E-state index contributed by atoms with van der Waals surface area (Å²) in [6.07, 6.45) is 0.989. The lowest BCUT2D eigenvalue weighted by Gasteiger charge is -2.04. The number of halogens is 2. The maximum absolute atomic E-state index is 13.4. The number of aryl methyl sites for hydroxylation is 1. The lowest BCUT2D eigenvalue weighted by Crippen LogP contribution is -2.18. The number of aromatic amines is 2. The highest BCUT2D eigenvalue weighted by atomic mass is 19.1. The van der Waals surface area contributed by atoms with E-state index >= 15 is 0 Å². The number of hydrogen-bond donors (Lipinski definition) is 2. The minimum Gasteiger partial charge on any atom is -0.322 e. The molecule has 0 aliphatic rings. The van der Waals surface area contributed by atoms with Gasteiger partial charge in [0.15, 0.2) is 0 Å². The van der Waals surface area contributed by atoms with Crippen molar-refractivity contribution in [2.75, 3.05) is 0 Å². The standard InChI is InChI=1S/C24H18F2N4O/c25-17-10-5-15(6-11-17)7-14-19-22(16-8-12-18(26)13-9-16)29-30(23(19)31)24-27-20-3-1-2-4-21(20)28-24/h1-6,8-13,29H,7,14H2,(H,27,28). The van der Waals surface area contributed by atoms with Crippen LogP contribution in [-0.4, -0.2) is 19.7 Å². The van der Waals surface area contributed by atoms with Gasteiger partial charge in [0, 0.05) is 11.1 Å². The van der Waals surface area contributed by atoms with Gasteiger partial charge in [-0.05, 0) is 66.9 Å². The molecule has 3 aromatic carbocycles. The number of imidazole rings is 1. The van der Waals surface area contributed by atoms with Crippen LogP contribution in [0.2, 0.25) is 0 Å². The van der Waals surface area contributed by atoms with Gasteiger partial charge in [0.05, 0.1) is 16.7 Å². The Hall–Kier alpha value is -4.00. The van der Waals surface area contributed by atoms with Crippen LogP contribution in [0.4, 0.5) is 8.78 Å². The molecule has 2 aromatic heterocycles. The molecule has 0 bridgehead atoms. The second-order valence-electron chi connectivity index (χ2n) is 7.32. The molecule has 0 spiro atoms. The van der Waals surface area contributed by atoms with Crippen LogP contribution in [0, 0.1) is 11.6 Å². The van der Waals surface area contributed by atoms with Crippen molar-refractivity contribution in [2.24, 2.45) is 0 Å². The number of H-pyrrole nitrogens is 2. The van der Waals surface area contributed by atoms with Crippen molar-refractivity contribution in [3.8, 4) is 17.2 Å². The molecule has 31 heavy (non-hydrogen) atoms. The fourth-order valence-electron chi connectivity index (χ4n) is 3.67. The highest BCUT2D eigenvalue weighted by Crippen LogP contribution is 2.23. The molecule has 0 amide bonds. The molecule has 0 aliphatic carbocycles. The average molecular weight is 416 g/mol. The Morgan fingerprint density at radius 3 is 2.23 bits per heavy atom. The number of nitrogens with zero attached hydrogens (tertiary/aromatic N) is 2. The minimum atomic E-state index is -0.351. The van der Waals surface area contributed by atoms with Crippen LogP contribution in [0.15, 0.2) is 77.6 Å². The molecule has 0 unspecified atom stereocenters. The number of nitrogens with one attached hydrogen (secondary N) is 2. The van der Waals surface area contributed by atoms with Gasteiger partial charge in [-0.3, -0.25) is 9.89 Å². The Labute approximate surface area is 176 Å². The first-order valence-electron chi connectivity index (χ1n) is 9.88. The monoisotopic (exact) mass is 416 g/mol. The quantitative estimate of drug-likeness (QED) is 0.433. The van der Waals surface area contributed by atoms with Crippen molar-refractivity contribution in [1.29, 1.82) is 0 Å². The summed E-state index contributed by atoms with van der Waals surface area (Å²) in [4.78, 5) is 21.0. The molecule has 5 aromatic rings. The Morgan fingerprint density at radius 1 is 0.839 bits per heavy atom. The molecule has 0 saturated carbocycles. The summed E-state index contributed by atoms with van der Waals surface area (Å²) in [5, 5.41) is 3.14. The molecular formula is C24H18F2N4O. The van der Waals surface area contributed by atoms with Crippen LogP contribution in [0.1, 0.15) is 11.1 Å². The summed E-state index contributed by atoms with van der Waals surface area (Å²) in [7, 11) is 0. The predicted octanol–water partition coefficient (Wildman–Crippen LogP) is 4.77. The van der Waals surface area contributed by atoms with E-state index in [0.717, 1.165) is 16.6 Å². The summed E-state index contributed by atoms with van der Waals surface area (Å²) >= 11 is 0. The lowest BCUT2D eigenvalue weighted by atomic mass is 10.0. The van der Waals surface area contributed by atoms with E-state index in [1.807, 2.05) is 24.3 Å². The van der Waals surface area contributed by atoms with Crippen LogP contribution in [-0.2, 0) is 12.8 Å². The van der Waals surface area contributed by atoms with Crippen LogP contribution in [0.5, 0.6) is 0 Å². The van der Waals surface area contributed by atoms with Crippen molar-refractivity contribution in [1.82, 2.24) is 19.7 Å². The molecule has 5 nitrogen and oxygen atoms in total. The van der Waals surface area contributed by atoms with Gasteiger partial charge in [0.2, 0.25) is 5.95 Å². The average Bonchev–Trinajstić information content (AvgIpc) is 3.35. The van der Waals surface area contributed by atoms with Crippen LogP contribution < -0.4 is 5.56 Å². The van der Waals surface area contributed by atoms with Crippen LogP contribution in [0.3, 0.4) is 0 Å². The molecule has 0 aliphatic heterocycles. The van der Waals surface area contributed by atoms with Gasteiger partial charge in [0.25, 0.3) is 5.56 Å². The molecule has 0 radical (unpaired) electrons. The second kappa shape index (κ2) is 7.68. The van der Waals surface area contributed by atoms with Crippen molar-refractivity contribution in [3.05, 3.63) is 106 Å². The zero-order valence-electron chi connectivity index (χ0n) is 16.4. The van der Waals surface area contributed by atoms with Crippen molar-refractivity contribution >= 4 is 11.0 Å². The molecule has 7 heteroatoms. The van der Waals surface area contributed by atoms with Gasteiger partial charge >= 0.3 is 0 Å². The first-order chi connectivity index (χ1) is 15.1. The van der Waals surface area contributed by atoms with E-state index in [-0.39, 0.29) is 17.2 Å². The Morgan fingerprint density at radius 2 is 1.52 bits per heavy atom. The number of aromatic nitrogens is 4. The van der Waals surface area contributed by atoms with Gasteiger partial charge in [-0.2, -0.15) is 4.68 Å². The number of hydrogen-bond acceptors (Lipinski definition) is 2. The van der Waals surface area contributed by atoms with E-state index < -0.39 is 0 Å². The zero-order valence-corrected chi connectivity index (χ0v) is 16.4.